The number of pyridine rings is 1. The van der Waals surface area contributed by atoms with Crippen molar-refractivity contribution in [2.45, 2.75) is 70.6 Å². The van der Waals surface area contributed by atoms with E-state index in [1.165, 1.54) is 41.4 Å². The van der Waals surface area contributed by atoms with Crippen LogP contribution in [0.3, 0.4) is 0 Å². The molecule has 4 atom stereocenters. The van der Waals surface area contributed by atoms with Crippen molar-refractivity contribution in [1.29, 1.82) is 0 Å². The van der Waals surface area contributed by atoms with E-state index in [0.717, 1.165) is 6.20 Å². The van der Waals surface area contributed by atoms with Crippen molar-refractivity contribution >= 4 is 35.6 Å². The molecule has 1 unspecified atom stereocenters. The molecule has 0 radical (unpaired) electrons. The number of morpholine rings is 1. The fourth-order valence-corrected chi connectivity index (χ4v) is 5.59. The van der Waals surface area contributed by atoms with Gasteiger partial charge in [-0.3, -0.25) is 14.7 Å². The summed E-state index contributed by atoms with van der Waals surface area (Å²) in [5, 5.41) is 2.64. The Morgan fingerprint density at radius 3 is 2.52 bits per heavy atom. The molecule has 2 heterocycles. The fourth-order valence-electron chi connectivity index (χ4n) is 5.47. The van der Waals surface area contributed by atoms with E-state index in [1.54, 1.807) is 32.9 Å². The molecule has 0 bridgehead atoms. The molecule has 2 amide bonds. The van der Waals surface area contributed by atoms with Crippen molar-refractivity contribution in [3.8, 4) is 0 Å². The van der Waals surface area contributed by atoms with Crippen LogP contribution in [0.25, 0.3) is 0 Å². The number of nitrogens with one attached hydrogen (secondary N) is 1. The second-order valence-corrected chi connectivity index (χ2v) is 12.7. The standard InChI is InChI=1S/C34H37ClF3N3O5/c1-5-20(31-17-41(24(18-42)19-45-31)33(44)46-34(2,3)4)12-26-29(38)15-39-16-30(26)40-32(43)14-25(21-7-6-8-23(36)11-21)22-9-10-27(35)28(37)13-22/h6-11,13,15-16,18,20,24-25,31H,5,12,14,17,19H2,1-4H3,(H,40,43)/t20?,24-,25+,31-/m0/s1. The average Bonchev–Trinajstić information content (AvgIpc) is 3.00. The Labute approximate surface area is 271 Å². The summed E-state index contributed by atoms with van der Waals surface area (Å²) in [6, 6.07) is 8.97. The molecule has 3 aromatic rings. The molecule has 8 nitrogen and oxygen atoms in total. The number of rotatable bonds is 10. The number of hydrogen-bond acceptors (Lipinski definition) is 6. The number of ether oxygens (including phenoxy) is 2. The number of hydrogen-bond donors (Lipinski definition) is 1. The predicted molar refractivity (Wildman–Crippen MR) is 167 cm³/mol. The van der Waals surface area contributed by atoms with E-state index in [0.29, 0.717) is 23.8 Å². The van der Waals surface area contributed by atoms with Crippen LogP contribution in [0.4, 0.5) is 23.7 Å². The minimum absolute atomic E-state index is 0.0426. The van der Waals surface area contributed by atoms with Gasteiger partial charge < -0.3 is 19.6 Å². The van der Waals surface area contributed by atoms with Gasteiger partial charge in [-0.1, -0.05) is 43.1 Å². The van der Waals surface area contributed by atoms with Crippen LogP contribution >= 0.6 is 11.6 Å². The number of benzene rings is 2. The minimum atomic E-state index is -0.823. The van der Waals surface area contributed by atoms with Gasteiger partial charge in [0.25, 0.3) is 0 Å². The fraction of sp³-hybridized carbons (Fsp3) is 0.412. The lowest BCUT2D eigenvalue weighted by Gasteiger charge is -2.40. The van der Waals surface area contributed by atoms with Gasteiger partial charge in [-0.05, 0) is 68.5 Å². The van der Waals surface area contributed by atoms with Crippen LogP contribution < -0.4 is 5.32 Å². The molecule has 1 aliphatic rings. The number of aromatic nitrogens is 1. The smallest absolute Gasteiger partial charge is 0.411 e. The van der Waals surface area contributed by atoms with Gasteiger partial charge in [-0.25, -0.2) is 18.0 Å². The minimum Gasteiger partial charge on any atom is -0.444 e. The SMILES string of the molecule is CCC(Cc1c(F)cncc1NC(=O)C[C@H](c1cccc(F)c1)c1ccc(Cl)c(F)c1)[C@@H]1CN(C(=O)OC(C)(C)C)[C@@H](C=O)CO1. The third-order valence-corrected chi connectivity index (χ3v) is 8.13. The zero-order valence-electron chi connectivity index (χ0n) is 26.1. The van der Waals surface area contributed by atoms with Crippen molar-refractivity contribution < 1.29 is 37.0 Å². The van der Waals surface area contributed by atoms with Gasteiger partial charge in [-0.2, -0.15) is 0 Å². The summed E-state index contributed by atoms with van der Waals surface area (Å²) in [5.41, 5.74) is 0.391. The van der Waals surface area contributed by atoms with Crippen LogP contribution in [0.15, 0.2) is 54.9 Å². The lowest BCUT2D eigenvalue weighted by atomic mass is 9.87. The second kappa shape index (κ2) is 15.1. The number of carbonyl (C=O) groups is 3. The van der Waals surface area contributed by atoms with Gasteiger partial charge in [0.1, 0.15) is 35.4 Å². The van der Waals surface area contributed by atoms with Crippen LogP contribution in [-0.2, 0) is 25.5 Å². The number of anilines is 1. The normalized spacial score (nSPS) is 18.0. The van der Waals surface area contributed by atoms with Gasteiger partial charge in [-0.15, -0.1) is 0 Å². The van der Waals surface area contributed by atoms with Crippen molar-refractivity contribution in [3.05, 3.63) is 94.0 Å². The Morgan fingerprint density at radius 1 is 1.13 bits per heavy atom. The molecule has 1 fully saturated rings. The first-order valence-corrected chi connectivity index (χ1v) is 15.4. The maximum Gasteiger partial charge on any atom is 0.411 e. The lowest BCUT2D eigenvalue weighted by Crippen LogP contribution is -2.56. The number of amides is 2. The van der Waals surface area contributed by atoms with Crippen molar-refractivity contribution in [3.63, 3.8) is 0 Å². The highest BCUT2D eigenvalue weighted by atomic mass is 35.5. The van der Waals surface area contributed by atoms with Gasteiger partial charge in [0.05, 0.1) is 42.4 Å². The van der Waals surface area contributed by atoms with Crippen molar-refractivity contribution in [1.82, 2.24) is 9.88 Å². The topological polar surface area (TPSA) is 97.8 Å². The van der Waals surface area contributed by atoms with Gasteiger partial charge >= 0.3 is 6.09 Å². The first-order valence-electron chi connectivity index (χ1n) is 15.0. The zero-order chi connectivity index (χ0) is 33.6. The van der Waals surface area contributed by atoms with Crippen molar-refractivity contribution in [2.24, 2.45) is 5.92 Å². The quantitative estimate of drug-likeness (QED) is 0.234. The van der Waals surface area contributed by atoms with Crippen LogP contribution in [0, 0.1) is 23.4 Å². The third-order valence-electron chi connectivity index (χ3n) is 7.83. The maximum atomic E-state index is 15.3. The van der Waals surface area contributed by atoms with E-state index in [-0.39, 0.29) is 48.2 Å². The summed E-state index contributed by atoms with van der Waals surface area (Å²) in [5.74, 6) is -3.45. The first-order chi connectivity index (χ1) is 21.8. The Bertz CT molecular complexity index is 1570. The van der Waals surface area contributed by atoms with Crippen LogP contribution in [-0.4, -0.2) is 59.1 Å². The Balaban J connectivity index is 1.55. The lowest BCUT2D eigenvalue weighted by molar-refractivity contribution is -0.126. The molecule has 1 aromatic heterocycles. The second-order valence-electron chi connectivity index (χ2n) is 12.3. The van der Waals surface area contributed by atoms with E-state index in [1.807, 2.05) is 6.92 Å². The Morgan fingerprint density at radius 2 is 1.87 bits per heavy atom. The third kappa shape index (κ3) is 8.85. The summed E-state index contributed by atoms with van der Waals surface area (Å²) in [6.45, 7) is 7.08. The molecule has 1 saturated heterocycles. The summed E-state index contributed by atoms with van der Waals surface area (Å²) >= 11 is 5.87. The molecule has 0 spiro atoms. The molecule has 1 N–H and O–H groups in total. The largest absolute Gasteiger partial charge is 0.444 e. The molecular formula is C34H37ClF3N3O5. The van der Waals surface area contributed by atoms with E-state index in [4.69, 9.17) is 21.1 Å². The highest BCUT2D eigenvalue weighted by molar-refractivity contribution is 6.30. The number of carbonyl (C=O) groups excluding carboxylic acids is 3. The zero-order valence-corrected chi connectivity index (χ0v) is 26.8. The van der Waals surface area contributed by atoms with Crippen LogP contribution in [0.2, 0.25) is 5.02 Å². The molecule has 46 heavy (non-hydrogen) atoms. The monoisotopic (exact) mass is 659 g/mol. The summed E-state index contributed by atoms with van der Waals surface area (Å²) in [7, 11) is 0. The van der Waals surface area contributed by atoms with E-state index in [2.05, 4.69) is 10.3 Å². The number of aldehydes is 1. The predicted octanol–water partition coefficient (Wildman–Crippen LogP) is 7.09. The first kappa shape index (κ1) is 34.9. The molecule has 1 aliphatic heterocycles. The van der Waals surface area contributed by atoms with Gasteiger partial charge in [0, 0.05) is 17.9 Å². The summed E-state index contributed by atoms with van der Waals surface area (Å²) in [4.78, 5) is 43.3. The van der Waals surface area contributed by atoms with E-state index in [9.17, 15) is 23.2 Å². The molecule has 0 saturated carbocycles. The van der Waals surface area contributed by atoms with E-state index < -0.39 is 53.1 Å². The van der Waals surface area contributed by atoms with Crippen LogP contribution in [0.5, 0.6) is 0 Å². The molecule has 4 rings (SSSR count). The molecular weight excluding hydrogens is 623 g/mol. The summed E-state index contributed by atoms with van der Waals surface area (Å²) < 4.78 is 55.3. The van der Waals surface area contributed by atoms with E-state index >= 15 is 4.39 Å². The Hall–Kier alpha value is -3.96. The highest BCUT2D eigenvalue weighted by Crippen LogP contribution is 2.33. The number of halogens is 4. The molecule has 12 heteroatoms. The summed E-state index contributed by atoms with van der Waals surface area (Å²) in [6.07, 6.45) is 2.23. The molecule has 246 valence electrons. The Kier molecular flexibility index (Phi) is 11.4. The van der Waals surface area contributed by atoms with Crippen LogP contribution in [0.1, 0.15) is 63.1 Å². The highest BCUT2D eigenvalue weighted by Gasteiger charge is 2.38. The maximum absolute atomic E-state index is 15.3. The average molecular weight is 660 g/mol. The van der Waals surface area contributed by atoms with Gasteiger partial charge in [0.2, 0.25) is 5.91 Å². The van der Waals surface area contributed by atoms with Crippen molar-refractivity contribution in [2.75, 3.05) is 18.5 Å². The number of nitrogens with zero attached hydrogens (tertiary/aromatic N) is 2. The molecule has 2 aromatic carbocycles. The molecule has 0 aliphatic carbocycles. The van der Waals surface area contributed by atoms with Gasteiger partial charge in [0.15, 0.2) is 0 Å².